The number of aryl methyl sites for hydroxylation is 1. The summed E-state index contributed by atoms with van der Waals surface area (Å²) in [5, 5.41) is 3.05. The molecule has 2 bridgehead atoms. The van der Waals surface area contributed by atoms with Gasteiger partial charge < -0.3 is 5.32 Å². The molecule has 0 unspecified atom stereocenters. The van der Waals surface area contributed by atoms with Crippen LogP contribution in [0.4, 0.5) is 5.69 Å². The predicted molar refractivity (Wildman–Crippen MR) is 90.7 cm³/mol. The Kier molecular flexibility index (Phi) is 4.36. The summed E-state index contributed by atoms with van der Waals surface area (Å²) in [4.78, 5) is 12.4. The maximum Gasteiger partial charge on any atom is 0.241 e. The summed E-state index contributed by atoms with van der Waals surface area (Å²) >= 11 is 0. The maximum atomic E-state index is 12.4. The van der Waals surface area contributed by atoms with Gasteiger partial charge in [0.15, 0.2) is 0 Å². The third kappa shape index (κ3) is 3.68. The first kappa shape index (κ1) is 16.3. The zero-order valence-electron chi connectivity index (χ0n) is 13.7. The minimum atomic E-state index is -3.50. The van der Waals surface area contributed by atoms with E-state index in [1.54, 1.807) is 12.1 Å². The highest BCUT2D eigenvalue weighted by Gasteiger charge is 2.40. The maximum absolute atomic E-state index is 12.4. The van der Waals surface area contributed by atoms with Crippen LogP contribution in [0.2, 0.25) is 0 Å². The summed E-state index contributed by atoms with van der Waals surface area (Å²) in [6.45, 7) is 1.78. The first-order valence-corrected chi connectivity index (χ1v) is 10.0. The number of nitrogens with one attached hydrogen (secondary N) is 1. The van der Waals surface area contributed by atoms with Gasteiger partial charge in [-0.05, 0) is 50.2 Å². The van der Waals surface area contributed by atoms with Crippen LogP contribution in [0.5, 0.6) is 0 Å². The molecule has 0 spiro atoms. The molecule has 1 aromatic carbocycles. The van der Waals surface area contributed by atoms with Gasteiger partial charge in [0.25, 0.3) is 0 Å². The third-order valence-electron chi connectivity index (χ3n) is 5.09. The Balaban J connectivity index is 1.69. The molecule has 0 saturated heterocycles. The van der Waals surface area contributed by atoms with Crippen molar-refractivity contribution in [3.63, 3.8) is 0 Å². The fourth-order valence-corrected chi connectivity index (χ4v) is 4.77. The summed E-state index contributed by atoms with van der Waals surface area (Å²) in [5.74, 6) is 1.11. The van der Waals surface area contributed by atoms with E-state index in [0.29, 0.717) is 11.6 Å². The molecule has 1 aromatic rings. The third-order valence-corrected chi connectivity index (χ3v) is 6.23. The van der Waals surface area contributed by atoms with Gasteiger partial charge in [0.05, 0.1) is 11.9 Å². The molecule has 0 heterocycles. The van der Waals surface area contributed by atoms with Gasteiger partial charge in [0, 0.05) is 6.04 Å². The molecule has 23 heavy (non-hydrogen) atoms. The van der Waals surface area contributed by atoms with Crippen molar-refractivity contribution in [1.82, 2.24) is 5.32 Å². The van der Waals surface area contributed by atoms with Gasteiger partial charge in [-0.25, -0.2) is 8.42 Å². The normalized spacial score (nSPS) is 26.3. The number of hydrogen-bond acceptors (Lipinski definition) is 3. The molecule has 1 N–H and O–H groups in total. The largest absolute Gasteiger partial charge is 0.352 e. The van der Waals surface area contributed by atoms with Crippen molar-refractivity contribution in [2.75, 3.05) is 17.1 Å². The average Bonchev–Trinajstić information content (AvgIpc) is 3.07. The van der Waals surface area contributed by atoms with Crippen molar-refractivity contribution in [3.05, 3.63) is 29.8 Å². The summed E-state index contributed by atoms with van der Waals surface area (Å²) in [6.07, 6.45) is 5.84. The molecule has 3 rings (SSSR count). The van der Waals surface area contributed by atoms with Crippen molar-refractivity contribution >= 4 is 21.6 Å². The van der Waals surface area contributed by atoms with Gasteiger partial charge in [-0.1, -0.05) is 24.1 Å². The van der Waals surface area contributed by atoms with Crippen molar-refractivity contribution in [2.45, 2.75) is 38.6 Å². The molecule has 0 aliphatic heterocycles. The first-order chi connectivity index (χ1) is 10.8. The van der Waals surface area contributed by atoms with Crippen molar-refractivity contribution in [2.24, 2.45) is 11.8 Å². The Morgan fingerprint density at radius 2 is 1.91 bits per heavy atom. The highest BCUT2D eigenvalue weighted by atomic mass is 32.2. The standard InChI is InChI=1S/C17H24N2O3S/c1-12-3-7-15(8-4-12)19(23(2,21)22)11-17(20)18-16-10-13-5-6-14(16)9-13/h3-4,7-8,13-14,16H,5-6,9-11H2,1-2H3,(H,18,20)/t13-,14-,16+/m0/s1. The predicted octanol–water partition coefficient (Wildman–Crippen LogP) is 2.07. The number of carbonyl (C=O) groups is 1. The van der Waals surface area contributed by atoms with Crippen LogP contribution in [-0.4, -0.2) is 33.2 Å². The van der Waals surface area contributed by atoms with E-state index in [1.165, 1.54) is 23.6 Å². The van der Waals surface area contributed by atoms with Gasteiger partial charge in [0.2, 0.25) is 15.9 Å². The Morgan fingerprint density at radius 1 is 1.22 bits per heavy atom. The van der Waals surface area contributed by atoms with E-state index in [2.05, 4.69) is 5.32 Å². The molecule has 2 aliphatic carbocycles. The minimum Gasteiger partial charge on any atom is -0.352 e. The van der Waals surface area contributed by atoms with Gasteiger partial charge >= 0.3 is 0 Å². The summed E-state index contributed by atoms with van der Waals surface area (Å²) in [6, 6.07) is 7.39. The van der Waals surface area contributed by atoms with E-state index in [-0.39, 0.29) is 18.5 Å². The Bertz CT molecular complexity index is 684. The Labute approximate surface area is 138 Å². The number of amides is 1. The summed E-state index contributed by atoms with van der Waals surface area (Å²) < 4.78 is 25.3. The SMILES string of the molecule is Cc1ccc(N(CC(=O)N[C@@H]2C[C@H]3CC[C@H]2C3)S(C)(=O)=O)cc1. The second kappa shape index (κ2) is 6.15. The van der Waals surface area contributed by atoms with Crippen LogP contribution in [0.25, 0.3) is 0 Å². The van der Waals surface area contributed by atoms with Crippen LogP contribution < -0.4 is 9.62 Å². The first-order valence-electron chi connectivity index (χ1n) is 8.16. The second-order valence-corrected chi connectivity index (χ2v) is 8.86. The lowest BCUT2D eigenvalue weighted by molar-refractivity contribution is -0.120. The number of rotatable bonds is 5. The molecule has 3 atom stereocenters. The molecule has 2 saturated carbocycles. The molecule has 0 radical (unpaired) electrons. The molecular weight excluding hydrogens is 312 g/mol. The van der Waals surface area contributed by atoms with Crippen LogP contribution in [0.15, 0.2) is 24.3 Å². The second-order valence-electron chi connectivity index (χ2n) is 6.95. The lowest BCUT2D eigenvalue weighted by Gasteiger charge is -2.26. The topological polar surface area (TPSA) is 66.5 Å². The van der Waals surface area contributed by atoms with Crippen molar-refractivity contribution in [3.8, 4) is 0 Å². The smallest absolute Gasteiger partial charge is 0.241 e. The molecule has 6 heteroatoms. The number of anilines is 1. The lowest BCUT2D eigenvalue weighted by Crippen LogP contribution is -2.45. The van der Waals surface area contributed by atoms with E-state index < -0.39 is 10.0 Å². The average molecular weight is 336 g/mol. The number of nitrogens with zero attached hydrogens (tertiary/aromatic N) is 1. The van der Waals surface area contributed by atoms with Gasteiger partial charge in [-0.3, -0.25) is 9.10 Å². The zero-order valence-corrected chi connectivity index (χ0v) is 14.5. The van der Waals surface area contributed by atoms with Crippen LogP contribution >= 0.6 is 0 Å². The highest BCUT2D eigenvalue weighted by Crippen LogP contribution is 2.44. The zero-order chi connectivity index (χ0) is 16.6. The number of fused-ring (bicyclic) bond motifs is 2. The minimum absolute atomic E-state index is 0.157. The highest BCUT2D eigenvalue weighted by molar-refractivity contribution is 7.92. The number of hydrogen-bond donors (Lipinski definition) is 1. The molecule has 126 valence electrons. The van der Waals surface area contributed by atoms with Crippen LogP contribution in [0, 0.1) is 18.8 Å². The van der Waals surface area contributed by atoms with Crippen LogP contribution in [-0.2, 0) is 14.8 Å². The van der Waals surface area contributed by atoms with Crippen molar-refractivity contribution < 1.29 is 13.2 Å². The van der Waals surface area contributed by atoms with E-state index in [1.807, 2.05) is 19.1 Å². The Hall–Kier alpha value is -1.56. The summed E-state index contributed by atoms with van der Waals surface area (Å²) in [7, 11) is -3.50. The van der Waals surface area contributed by atoms with Gasteiger partial charge in [0.1, 0.15) is 6.54 Å². The fourth-order valence-electron chi connectivity index (χ4n) is 3.92. The van der Waals surface area contributed by atoms with Crippen molar-refractivity contribution in [1.29, 1.82) is 0 Å². The number of carbonyl (C=O) groups excluding carboxylic acids is 1. The van der Waals surface area contributed by atoms with E-state index in [9.17, 15) is 13.2 Å². The summed E-state index contributed by atoms with van der Waals surface area (Å²) in [5.41, 5.74) is 1.58. The van der Waals surface area contributed by atoms with Crippen LogP contribution in [0.1, 0.15) is 31.2 Å². The monoisotopic (exact) mass is 336 g/mol. The Morgan fingerprint density at radius 3 is 2.43 bits per heavy atom. The number of benzene rings is 1. The van der Waals surface area contributed by atoms with E-state index >= 15 is 0 Å². The molecule has 2 aliphatic rings. The van der Waals surface area contributed by atoms with Gasteiger partial charge in [-0.15, -0.1) is 0 Å². The van der Waals surface area contributed by atoms with E-state index in [4.69, 9.17) is 0 Å². The molecule has 5 nitrogen and oxygen atoms in total. The quantitative estimate of drug-likeness (QED) is 0.895. The van der Waals surface area contributed by atoms with Crippen LogP contribution in [0.3, 0.4) is 0 Å². The molecular formula is C17H24N2O3S. The van der Waals surface area contributed by atoms with E-state index in [0.717, 1.165) is 24.2 Å². The van der Waals surface area contributed by atoms with Gasteiger partial charge in [-0.2, -0.15) is 0 Å². The number of sulfonamides is 1. The molecule has 1 amide bonds. The lowest BCUT2D eigenvalue weighted by atomic mass is 9.95. The fraction of sp³-hybridized carbons (Fsp3) is 0.588. The molecule has 0 aromatic heterocycles. The molecule has 2 fully saturated rings.